The van der Waals surface area contributed by atoms with E-state index in [1.165, 1.54) is 109 Å². The van der Waals surface area contributed by atoms with Gasteiger partial charge in [0.1, 0.15) is 19.3 Å². The van der Waals surface area contributed by atoms with Gasteiger partial charge in [0.15, 0.2) is 12.2 Å². The van der Waals surface area contributed by atoms with Gasteiger partial charge in [0.05, 0.1) is 26.4 Å². The Labute approximate surface area is 467 Å². The van der Waals surface area contributed by atoms with Crippen LogP contribution in [-0.2, 0) is 65.4 Å². The van der Waals surface area contributed by atoms with Gasteiger partial charge in [0.2, 0.25) is 0 Å². The van der Waals surface area contributed by atoms with Crippen LogP contribution in [0.3, 0.4) is 0 Å². The van der Waals surface area contributed by atoms with E-state index in [9.17, 15) is 43.2 Å². The Morgan fingerprint density at radius 1 is 0.312 bits per heavy atom. The third kappa shape index (κ3) is 53.2. The van der Waals surface area contributed by atoms with Crippen LogP contribution >= 0.6 is 15.6 Å². The van der Waals surface area contributed by atoms with Crippen molar-refractivity contribution in [3.05, 3.63) is 0 Å². The molecule has 0 aromatic rings. The van der Waals surface area contributed by atoms with Crippen molar-refractivity contribution in [1.29, 1.82) is 0 Å². The molecule has 0 aromatic carbocycles. The molecule has 0 rings (SSSR count). The number of ether oxygens (including phenoxy) is 4. The third-order valence-electron chi connectivity index (χ3n) is 13.4. The van der Waals surface area contributed by atoms with E-state index in [4.69, 9.17) is 37.0 Å². The van der Waals surface area contributed by atoms with Gasteiger partial charge in [-0.1, -0.05) is 240 Å². The van der Waals surface area contributed by atoms with Crippen LogP contribution in [0, 0.1) is 0 Å². The SMILES string of the molecule is CCCCCCCCCCCCCC(=O)O[C@H](COC(=O)CCCCCCCCCCCC)COP(=O)(O)OC[C@@H](O)COP(=O)(O)OC[C@@H](COC(=O)CCCCCCCCCC)OC(=O)CCCCCCCCCC. The number of carbonyl (C=O) groups is 4. The summed E-state index contributed by atoms with van der Waals surface area (Å²) in [4.78, 5) is 71.7. The molecule has 0 aliphatic rings. The molecule has 0 spiro atoms. The minimum atomic E-state index is -4.93. The second kappa shape index (κ2) is 53.4. The fraction of sp³-hybridized carbons (Fsp3) is 0.931. The first-order valence-corrected chi connectivity index (χ1v) is 33.8. The molecule has 0 aliphatic carbocycles. The number of unbranched alkanes of at least 4 members (excludes halogenated alkanes) is 33. The first kappa shape index (κ1) is 75.1. The summed E-state index contributed by atoms with van der Waals surface area (Å²) in [6.07, 6.45) is 36.2. The summed E-state index contributed by atoms with van der Waals surface area (Å²) in [5.41, 5.74) is 0. The lowest BCUT2D eigenvalue weighted by Gasteiger charge is -2.21. The number of aliphatic hydroxyl groups is 1. The van der Waals surface area contributed by atoms with Gasteiger partial charge in [-0.3, -0.25) is 37.3 Å². The fourth-order valence-electron chi connectivity index (χ4n) is 8.57. The predicted molar refractivity (Wildman–Crippen MR) is 303 cm³/mol. The molecule has 3 N–H and O–H groups in total. The topological polar surface area (TPSA) is 237 Å². The smallest absolute Gasteiger partial charge is 0.462 e. The lowest BCUT2D eigenvalue weighted by Crippen LogP contribution is -2.30. The fourth-order valence-corrected chi connectivity index (χ4v) is 10.2. The lowest BCUT2D eigenvalue weighted by atomic mass is 10.1. The Morgan fingerprint density at radius 3 is 0.766 bits per heavy atom. The van der Waals surface area contributed by atoms with Crippen molar-refractivity contribution in [2.45, 2.75) is 309 Å². The first-order valence-electron chi connectivity index (χ1n) is 30.8. The van der Waals surface area contributed by atoms with Crippen molar-refractivity contribution in [3.8, 4) is 0 Å². The van der Waals surface area contributed by atoms with E-state index < -0.39 is 97.5 Å². The molecule has 0 fully saturated rings. The molecule has 0 aromatic heterocycles. The molecule has 17 nitrogen and oxygen atoms in total. The van der Waals surface area contributed by atoms with Crippen molar-refractivity contribution in [3.63, 3.8) is 0 Å². The molecule has 2 unspecified atom stereocenters. The van der Waals surface area contributed by atoms with Gasteiger partial charge >= 0.3 is 39.5 Å². The average molecular weight is 1140 g/mol. The molecule has 19 heteroatoms. The van der Waals surface area contributed by atoms with Crippen molar-refractivity contribution in [2.75, 3.05) is 39.6 Å². The van der Waals surface area contributed by atoms with E-state index in [0.717, 1.165) is 103 Å². The summed E-state index contributed by atoms with van der Waals surface area (Å²) in [5, 5.41) is 10.5. The van der Waals surface area contributed by atoms with Gasteiger partial charge in [-0.05, 0) is 25.7 Å². The van der Waals surface area contributed by atoms with Crippen LogP contribution in [-0.4, -0.2) is 96.7 Å². The Bertz CT molecular complexity index is 1500. The van der Waals surface area contributed by atoms with Crippen molar-refractivity contribution >= 4 is 39.5 Å². The molecule has 0 amide bonds. The Morgan fingerprint density at radius 2 is 0.519 bits per heavy atom. The highest BCUT2D eigenvalue weighted by molar-refractivity contribution is 7.47. The summed E-state index contributed by atoms with van der Waals surface area (Å²) < 4.78 is 67.6. The summed E-state index contributed by atoms with van der Waals surface area (Å²) in [6.45, 7) is 4.78. The Balaban J connectivity index is 5.21. The van der Waals surface area contributed by atoms with E-state index in [2.05, 4.69) is 27.7 Å². The molecular weight excluding hydrogens is 1030 g/mol. The molecule has 0 radical (unpaired) electrons. The van der Waals surface area contributed by atoms with Crippen LogP contribution in [0.4, 0.5) is 0 Å². The first-order chi connectivity index (χ1) is 37.2. The zero-order chi connectivity index (χ0) is 56.9. The van der Waals surface area contributed by atoms with Gasteiger partial charge in [-0.2, -0.15) is 0 Å². The number of phosphoric ester groups is 2. The molecule has 0 bridgehead atoms. The molecular formula is C58H112O17P2. The van der Waals surface area contributed by atoms with Gasteiger partial charge < -0.3 is 33.8 Å². The highest BCUT2D eigenvalue weighted by Gasteiger charge is 2.30. The second-order valence-electron chi connectivity index (χ2n) is 21.0. The van der Waals surface area contributed by atoms with Crippen molar-refractivity contribution in [1.82, 2.24) is 0 Å². The molecule has 0 aliphatic heterocycles. The summed E-state index contributed by atoms with van der Waals surface area (Å²) in [6, 6.07) is 0. The maximum atomic E-state index is 12.9. The van der Waals surface area contributed by atoms with Crippen molar-refractivity contribution in [2.24, 2.45) is 0 Å². The third-order valence-corrected chi connectivity index (χ3v) is 15.3. The van der Waals surface area contributed by atoms with E-state index in [1.54, 1.807) is 0 Å². The van der Waals surface area contributed by atoms with Gasteiger partial charge in [-0.25, -0.2) is 9.13 Å². The van der Waals surface area contributed by atoms with Crippen molar-refractivity contribution < 1.29 is 80.2 Å². The second-order valence-corrected chi connectivity index (χ2v) is 23.9. The highest BCUT2D eigenvalue weighted by Crippen LogP contribution is 2.45. The van der Waals surface area contributed by atoms with Gasteiger partial charge in [0, 0.05) is 25.7 Å². The summed E-state index contributed by atoms with van der Waals surface area (Å²) in [7, 11) is -9.86. The van der Waals surface area contributed by atoms with Crippen LogP contribution in [0.5, 0.6) is 0 Å². The average Bonchev–Trinajstić information content (AvgIpc) is 3.40. The van der Waals surface area contributed by atoms with E-state index in [-0.39, 0.29) is 25.7 Å². The highest BCUT2D eigenvalue weighted by atomic mass is 31.2. The van der Waals surface area contributed by atoms with E-state index >= 15 is 0 Å². The van der Waals surface area contributed by atoms with Crippen LogP contribution in [0.15, 0.2) is 0 Å². The lowest BCUT2D eigenvalue weighted by molar-refractivity contribution is -0.161. The summed E-state index contributed by atoms with van der Waals surface area (Å²) >= 11 is 0. The summed E-state index contributed by atoms with van der Waals surface area (Å²) in [5.74, 6) is -2.15. The molecule has 0 saturated carbocycles. The molecule has 77 heavy (non-hydrogen) atoms. The van der Waals surface area contributed by atoms with Crippen LogP contribution < -0.4 is 0 Å². The zero-order valence-electron chi connectivity index (χ0n) is 48.9. The Hall–Kier alpha value is -1.94. The minimum absolute atomic E-state index is 0.105. The monoisotopic (exact) mass is 1140 g/mol. The number of hydrogen-bond acceptors (Lipinski definition) is 15. The Kier molecular flexibility index (Phi) is 52.0. The van der Waals surface area contributed by atoms with Crippen LogP contribution in [0.1, 0.15) is 291 Å². The van der Waals surface area contributed by atoms with E-state index in [0.29, 0.717) is 25.7 Å². The molecule has 0 saturated heterocycles. The van der Waals surface area contributed by atoms with Crippen LogP contribution in [0.2, 0.25) is 0 Å². The maximum absolute atomic E-state index is 12.9. The number of hydrogen-bond donors (Lipinski definition) is 3. The largest absolute Gasteiger partial charge is 0.472 e. The van der Waals surface area contributed by atoms with Crippen LogP contribution in [0.25, 0.3) is 0 Å². The molecule has 5 atom stereocenters. The quantitative estimate of drug-likeness (QED) is 0.0222. The minimum Gasteiger partial charge on any atom is -0.462 e. The maximum Gasteiger partial charge on any atom is 0.472 e. The molecule has 456 valence electrons. The zero-order valence-corrected chi connectivity index (χ0v) is 50.7. The normalized spacial score (nSPS) is 14.3. The number of aliphatic hydroxyl groups excluding tert-OH is 1. The van der Waals surface area contributed by atoms with Gasteiger partial charge in [0.25, 0.3) is 0 Å². The van der Waals surface area contributed by atoms with Gasteiger partial charge in [-0.15, -0.1) is 0 Å². The predicted octanol–water partition coefficient (Wildman–Crippen LogP) is 15.6. The number of phosphoric acid groups is 2. The number of esters is 4. The molecule has 0 heterocycles. The number of rotatable bonds is 59. The van der Waals surface area contributed by atoms with E-state index in [1.807, 2.05) is 0 Å². The standard InChI is InChI=1S/C58H112O17P2/c1-5-9-13-17-21-25-27-29-33-37-41-45-58(63)75-54(49-69-56(61)43-39-35-32-28-26-22-18-14-10-6-2)51-73-77(66,67)71-47-52(59)46-70-76(64,65)72-50-53(74-57(62)44-40-36-31-24-20-16-12-8-4)48-68-55(60)42-38-34-30-23-19-15-11-7-3/h52-54,59H,5-51H2,1-4H3,(H,64,65)(H,66,67)/t52-,53+,54+/m0/s1. The number of carbonyl (C=O) groups excluding carboxylic acids is 4.